The fraction of sp³-hybridized carbons (Fsp3) is 0.476. The van der Waals surface area contributed by atoms with Crippen molar-refractivity contribution in [2.45, 2.75) is 31.9 Å². The van der Waals surface area contributed by atoms with Gasteiger partial charge in [0.15, 0.2) is 5.82 Å². The lowest BCUT2D eigenvalue weighted by Gasteiger charge is -2.33. The predicted molar refractivity (Wildman–Crippen MR) is 114 cm³/mol. The van der Waals surface area contributed by atoms with Crippen molar-refractivity contribution >= 4 is 22.7 Å². The maximum atomic E-state index is 14.0. The zero-order valence-electron chi connectivity index (χ0n) is 17.6. The number of anilines is 2. The lowest BCUT2D eigenvalue weighted by molar-refractivity contribution is 0.0707. The number of rotatable bonds is 4. The van der Waals surface area contributed by atoms with Gasteiger partial charge in [-0.1, -0.05) is 6.07 Å². The Kier molecular flexibility index (Phi) is 5.09. The summed E-state index contributed by atoms with van der Waals surface area (Å²) >= 11 is 0. The number of alkyl halides is 2. The van der Waals surface area contributed by atoms with Gasteiger partial charge in [-0.2, -0.15) is 9.97 Å². The van der Waals surface area contributed by atoms with Crippen LogP contribution in [0.2, 0.25) is 0 Å². The molecule has 32 heavy (non-hydrogen) atoms. The van der Waals surface area contributed by atoms with Gasteiger partial charge in [0.25, 0.3) is 6.43 Å². The van der Waals surface area contributed by atoms with Crippen LogP contribution in [0.15, 0.2) is 24.3 Å². The topological polar surface area (TPSA) is 99.8 Å². The Labute approximate surface area is 182 Å². The zero-order chi connectivity index (χ0) is 22.5. The second-order valence-corrected chi connectivity index (χ2v) is 8.21. The first-order chi connectivity index (χ1) is 15.3. The van der Waals surface area contributed by atoms with Crippen molar-refractivity contribution in [3.8, 4) is 11.7 Å². The van der Waals surface area contributed by atoms with E-state index in [1.807, 2.05) is 4.90 Å². The molecule has 1 unspecified atom stereocenters. The van der Waals surface area contributed by atoms with Crippen molar-refractivity contribution in [3.63, 3.8) is 0 Å². The summed E-state index contributed by atoms with van der Waals surface area (Å²) in [5, 5.41) is 21.0. The number of aromatic hydroxyl groups is 1. The molecule has 170 valence electrons. The summed E-state index contributed by atoms with van der Waals surface area (Å²) in [6, 6.07) is 6.31. The molecular formula is C21H24F2N6O3. The summed E-state index contributed by atoms with van der Waals surface area (Å²) in [5.41, 5.74) is -0.772. The number of hydrogen-bond donors (Lipinski definition) is 2. The number of aromatic nitrogens is 4. The van der Waals surface area contributed by atoms with Crippen molar-refractivity contribution < 1.29 is 23.7 Å². The van der Waals surface area contributed by atoms with E-state index in [0.717, 1.165) is 6.42 Å². The van der Waals surface area contributed by atoms with Crippen molar-refractivity contribution in [1.82, 2.24) is 19.5 Å². The monoisotopic (exact) mass is 446 g/mol. The molecule has 2 aliphatic rings. The Morgan fingerprint density at radius 3 is 2.53 bits per heavy atom. The van der Waals surface area contributed by atoms with E-state index >= 15 is 0 Å². The molecule has 4 heterocycles. The highest BCUT2D eigenvalue weighted by molar-refractivity contribution is 5.83. The SMILES string of the molecule is CC1(O)CCCN1c1cc(N2CCOCC2)nc(-n2c(C(F)F)nc3c(O)cccc32)n1. The quantitative estimate of drug-likeness (QED) is 0.631. The van der Waals surface area contributed by atoms with Crippen LogP contribution in [0.3, 0.4) is 0 Å². The summed E-state index contributed by atoms with van der Waals surface area (Å²) in [7, 11) is 0. The maximum Gasteiger partial charge on any atom is 0.296 e. The zero-order valence-corrected chi connectivity index (χ0v) is 17.6. The number of phenols is 1. The molecule has 0 radical (unpaired) electrons. The van der Waals surface area contributed by atoms with Crippen LogP contribution in [-0.4, -0.2) is 68.3 Å². The smallest absolute Gasteiger partial charge is 0.296 e. The fourth-order valence-corrected chi connectivity index (χ4v) is 4.37. The Hall–Kier alpha value is -3.05. The van der Waals surface area contributed by atoms with E-state index in [2.05, 4.69) is 15.0 Å². The Bertz CT molecular complexity index is 1150. The van der Waals surface area contributed by atoms with E-state index < -0.39 is 18.0 Å². The molecule has 5 rings (SSSR count). The second kappa shape index (κ2) is 7.82. The number of hydrogen-bond acceptors (Lipinski definition) is 8. The third-order valence-corrected chi connectivity index (χ3v) is 6.00. The highest BCUT2D eigenvalue weighted by Gasteiger charge is 2.36. The summed E-state index contributed by atoms with van der Waals surface area (Å²) in [6.45, 7) is 4.55. The summed E-state index contributed by atoms with van der Waals surface area (Å²) in [4.78, 5) is 16.9. The minimum absolute atomic E-state index is 0.00934. The van der Waals surface area contributed by atoms with Gasteiger partial charge in [0.2, 0.25) is 5.95 Å². The van der Waals surface area contributed by atoms with Gasteiger partial charge >= 0.3 is 0 Å². The lowest BCUT2D eigenvalue weighted by atomic mass is 10.2. The van der Waals surface area contributed by atoms with Gasteiger partial charge in [0.05, 0.1) is 18.7 Å². The third-order valence-electron chi connectivity index (χ3n) is 6.00. The van der Waals surface area contributed by atoms with Crippen LogP contribution in [0.25, 0.3) is 17.0 Å². The third kappa shape index (κ3) is 3.51. The molecule has 11 heteroatoms. The highest BCUT2D eigenvalue weighted by Crippen LogP contribution is 2.35. The van der Waals surface area contributed by atoms with Crippen LogP contribution in [-0.2, 0) is 4.74 Å². The van der Waals surface area contributed by atoms with E-state index in [1.165, 1.54) is 10.6 Å². The molecule has 2 aliphatic heterocycles. The van der Waals surface area contributed by atoms with Crippen molar-refractivity contribution in [1.29, 1.82) is 0 Å². The van der Waals surface area contributed by atoms with E-state index in [-0.39, 0.29) is 22.7 Å². The van der Waals surface area contributed by atoms with Gasteiger partial charge in [-0.25, -0.2) is 13.8 Å². The Balaban J connectivity index is 1.73. The van der Waals surface area contributed by atoms with Crippen LogP contribution in [0.1, 0.15) is 32.0 Å². The van der Waals surface area contributed by atoms with Crippen LogP contribution in [0, 0.1) is 0 Å². The summed E-state index contributed by atoms with van der Waals surface area (Å²) < 4.78 is 34.5. The minimum atomic E-state index is -2.91. The average Bonchev–Trinajstić information content (AvgIpc) is 3.35. The highest BCUT2D eigenvalue weighted by atomic mass is 19.3. The molecule has 1 aromatic carbocycles. The van der Waals surface area contributed by atoms with Gasteiger partial charge < -0.3 is 24.7 Å². The molecule has 2 aromatic heterocycles. The number of imidazole rings is 1. The summed E-state index contributed by atoms with van der Waals surface area (Å²) in [5.74, 6) is 0.254. The Morgan fingerprint density at radius 2 is 1.84 bits per heavy atom. The van der Waals surface area contributed by atoms with Crippen molar-refractivity contribution in [2.75, 3.05) is 42.6 Å². The van der Waals surface area contributed by atoms with E-state index in [4.69, 9.17) is 4.74 Å². The molecule has 0 bridgehead atoms. The van der Waals surface area contributed by atoms with Crippen molar-refractivity contribution in [3.05, 3.63) is 30.1 Å². The molecule has 0 spiro atoms. The number of benzene rings is 1. The molecule has 9 nitrogen and oxygen atoms in total. The van der Waals surface area contributed by atoms with Crippen LogP contribution in [0.4, 0.5) is 20.4 Å². The van der Waals surface area contributed by atoms with E-state index in [0.29, 0.717) is 50.9 Å². The number of morpholine rings is 1. The second-order valence-electron chi connectivity index (χ2n) is 8.21. The molecule has 3 aromatic rings. The number of halogens is 2. The first-order valence-electron chi connectivity index (χ1n) is 10.6. The number of fused-ring (bicyclic) bond motifs is 1. The number of phenolic OH excluding ortho intramolecular Hbond substituents is 1. The fourth-order valence-electron chi connectivity index (χ4n) is 4.37. The molecular weight excluding hydrogens is 422 g/mol. The van der Waals surface area contributed by atoms with Gasteiger partial charge in [-0.3, -0.25) is 4.57 Å². The van der Waals surface area contributed by atoms with Gasteiger partial charge in [0.1, 0.15) is 28.6 Å². The lowest BCUT2D eigenvalue weighted by Crippen LogP contribution is -2.42. The van der Waals surface area contributed by atoms with Crippen molar-refractivity contribution in [2.24, 2.45) is 0 Å². The molecule has 2 N–H and O–H groups in total. The molecule has 2 saturated heterocycles. The van der Waals surface area contributed by atoms with E-state index in [9.17, 15) is 19.0 Å². The van der Waals surface area contributed by atoms with E-state index in [1.54, 1.807) is 30.0 Å². The molecule has 0 aliphatic carbocycles. The first kappa shape index (κ1) is 20.8. The molecule has 0 amide bonds. The normalized spacial score (nSPS) is 21.8. The van der Waals surface area contributed by atoms with Crippen LogP contribution in [0.5, 0.6) is 5.75 Å². The number of aliphatic hydroxyl groups is 1. The number of para-hydroxylation sites is 1. The summed E-state index contributed by atoms with van der Waals surface area (Å²) in [6.07, 6.45) is -1.55. The van der Waals surface area contributed by atoms with Gasteiger partial charge in [0, 0.05) is 25.7 Å². The number of nitrogens with zero attached hydrogens (tertiary/aromatic N) is 6. The minimum Gasteiger partial charge on any atom is -0.506 e. The molecule has 2 fully saturated rings. The number of ether oxygens (including phenoxy) is 1. The average molecular weight is 446 g/mol. The van der Waals surface area contributed by atoms with Crippen LogP contribution >= 0.6 is 0 Å². The maximum absolute atomic E-state index is 14.0. The van der Waals surface area contributed by atoms with Gasteiger partial charge in [-0.15, -0.1) is 0 Å². The van der Waals surface area contributed by atoms with Gasteiger partial charge in [-0.05, 0) is 31.9 Å². The first-order valence-corrected chi connectivity index (χ1v) is 10.6. The molecule has 0 saturated carbocycles. The largest absolute Gasteiger partial charge is 0.506 e. The van der Waals surface area contributed by atoms with Crippen LogP contribution < -0.4 is 9.80 Å². The molecule has 1 atom stereocenters. The Morgan fingerprint density at radius 1 is 1.09 bits per heavy atom. The standard InChI is InChI=1S/C21H24F2N6O3/c1-21(31)6-3-7-28(21)16-12-15(27-8-10-32-11-9-27)24-20(25-16)29-13-4-2-5-14(30)17(13)26-19(29)18(22)23/h2,4-5,12,18,30-31H,3,6-11H2,1H3. The predicted octanol–water partition coefficient (Wildman–Crippen LogP) is 2.60.